The van der Waals surface area contributed by atoms with Crippen LogP contribution in [0, 0.1) is 5.92 Å². The largest absolute Gasteiger partial charge is 0.487 e. The van der Waals surface area contributed by atoms with Gasteiger partial charge in [-0.3, -0.25) is 0 Å². The van der Waals surface area contributed by atoms with Crippen LogP contribution in [0.5, 0.6) is 5.75 Å². The third kappa shape index (κ3) is 4.06. The van der Waals surface area contributed by atoms with Crippen molar-refractivity contribution in [1.82, 2.24) is 9.21 Å². The van der Waals surface area contributed by atoms with Gasteiger partial charge in [-0.1, -0.05) is 26.0 Å². The molecule has 0 aromatic heterocycles. The lowest BCUT2D eigenvalue weighted by molar-refractivity contribution is 0.0958. The molecule has 0 spiro atoms. The number of hydrogen-bond donors (Lipinski definition) is 0. The number of rotatable bonds is 5. The van der Waals surface area contributed by atoms with Gasteiger partial charge < -0.3 is 14.4 Å². The van der Waals surface area contributed by atoms with Crippen LogP contribution in [-0.4, -0.2) is 69.7 Å². The Morgan fingerprint density at radius 1 is 1.23 bits per heavy atom. The summed E-state index contributed by atoms with van der Waals surface area (Å²) in [4.78, 5) is 2.69. The zero-order valence-corrected chi connectivity index (χ0v) is 16.7. The molecule has 1 aromatic rings. The van der Waals surface area contributed by atoms with Gasteiger partial charge in [-0.15, -0.1) is 0 Å². The first-order valence-corrected chi connectivity index (χ1v) is 10.9. The number of methoxy groups -OCH3 is 1. The van der Waals surface area contributed by atoms with Crippen molar-refractivity contribution >= 4 is 10.0 Å². The highest BCUT2D eigenvalue weighted by Gasteiger charge is 2.43. The van der Waals surface area contributed by atoms with E-state index in [4.69, 9.17) is 9.47 Å². The summed E-state index contributed by atoms with van der Waals surface area (Å²) in [6, 6.07) is 6.82. The van der Waals surface area contributed by atoms with Crippen LogP contribution in [0.3, 0.4) is 0 Å². The van der Waals surface area contributed by atoms with Crippen molar-refractivity contribution < 1.29 is 17.9 Å². The fourth-order valence-corrected chi connectivity index (χ4v) is 5.76. The maximum atomic E-state index is 13.3. The molecule has 2 atom stereocenters. The number of sulfonamides is 1. The standard InChI is InChI=1S/C19H30N2O4S/c1-15(2)14-20-10-8-16-17(9-11-20)25-18-6-4-5-7-19(18)26(22,23)21(16)12-13-24-3/h4-7,15-17H,8-14H2,1-3H3/t16-,17-/m1/s1. The van der Waals surface area contributed by atoms with Crippen LogP contribution < -0.4 is 4.74 Å². The van der Waals surface area contributed by atoms with Crippen molar-refractivity contribution in [2.45, 2.75) is 43.7 Å². The van der Waals surface area contributed by atoms with Crippen molar-refractivity contribution in [3.05, 3.63) is 24.3 Å². The monoisotopic (exact) mass is 382 g/mol. The third-order valence-electron chi connectivity index (χ3n) is 5.12. The molecule has 3 rings (SSSR count). The topological polar surface area (TPSA) is 59.1 Å². The van der Waals surface area contributed by atoms with E-state index in [1.807, 2.05) is 6.07 Å². The summed E-state index contributed by atoms with van der Waals surface area (Å²) in [5.41, 5.74) is 0. The maximum Gasteiger partial charge on any atom is 0.247 e. The Morgan fingerprint density at radius 3 is 2.69 bits per heavy atom. The number of para-hydroxylation sites is 1. The van der Waals surface area contributed by atoms with Crippen LogP contribution in [0.2, 0.25) is 0 Å². The van der Waals surface area contributed by atoms with E-state index in [-0.39, 0.29) is 17.0 Å². The van der Waals surface area contributed by atoms with E-state index in [1.54, 1.807) is 29.6 Å². The first-order valence-electron chi connectivity index (χ1n) is 9.42. The molecule has 146 valence electrons. The van der Waals surface area contributed by atoms with Crippen molar-refractivity contribution in [3.8, 4) is 5.75 Å². The lowest BCUT2D eigenvalue weighted by Crippen LogP contribution is -2.48. The van der Waals surface area contributed by atoms with E-state index in [0.29, 0.717) is 24.8 Å². The lowest BCUT2D eigenvalue weighted by Gasteiger charge is -2.31. The summed E-state index contributed by atoms with van der Waals surface area (Å²) in [6.45, 7) is 8.00. The van der Waals surface area contributed by atoms with Gasteiger partial charge in [0.05, 0.1) is 12.6 Å². The SMILES string of the molecule is COCCN1[C@@H]2CCN(CC(C)C)CC[C@H]2Oc2ccccc2S1(=O)=O. The van der Waals surface area contributed by atoms with E-state index < -0.39 is 10.0 Å². The van der Waals surface area contributed by atoms with Crippen molar-refractivity contribution in [2.24, 2.45) is 5.92 Å². The van der Waals surface area contributed by atoms with Gasteiger partial charge in [0.15, 0.2) is 0 Å². The Bertz CT molecular complexity index is 707. The van der Waals surface area contributed by atoms with Gasteiger partial charge in [0.2, 0.25) is 10.0 Å². The molecule has 0 unspecified atom stereocenters. The maximum absolute atomic E-state index is 13.3. The molecule has 0 N–H and O–H groups in total. The summed E-state index contributed by atoms with van der Waals surface area (Å²) in [5, 5.41) is 0. The molecule has 1 aromatic carbocycles. The van der Waals surface area contributed by atoms with Crippen LogP contribution in [0.1, 0.15) is 26.7 Å². The molecule has 0 amide bonds. The van der Waals surface area contributed by atoms with Gasteiger partial charge in [-0.05, 0) is 37.4 Å². The number of hydrogen-bond acceptors (Lipinski definition) is 5. The van der Waals surface area contributed by atoms with Gasteiger partial charge in [-0.25, -0.2) is 8.42 Å². The first kappa shape index (κ1) is 19.6. The summed E-state index contributed by atoms with van der Waals surface area (Å²) in [5.74, 6) is 1.06. The van der Waals surface area contributed by atoms with Crippen molar-refractivity contribution in [3.63, 3.8) is 0 Å². The predicted molar refractivity (Wildman–Crippen MR) is 101 cm³/mol. The fourth-order valence-electron chi connectivity index (χ4n) is 3.98. The van der Waals surface area contributed by atoms with Gasteiger partial charge in [-0.2, -0.15) is 4.31 Å². The fraction of sp³-hybridized carbons (Fsp3) is 0.684. The van der Waals surface area contributed by atoms with Crippen molar-refractivity contribution in [1.29, 1.82) is 0 Å². The highest BCUT2D eigenvalue weighted by atomic mass is 32.2. The molecule has 26 heavy (non-hydrogen) atoms. The Balaban J connectivity index is 1.95. The molecule has 2 heterocycles. The predicted octanol–water partition coefficient (Wildman–Crippen LogP) is 2.21. The van der Waals surface area contributed by atoms with E-state index in [0.717, 1.165) is 32.5 Å². The number of fused-ring (bicyclic) bond motifs is 2. The summed E-state index contributed by atoms with van der Waals surface area (Å²) < 4.78 is 39.7. The van der Waals surface area contributed by atoms with Crippen molar-refractivity contribution in [2.75, 3.05) is 39.9 Å². The average Bonchev–Trinajstić information content (AvgIpc) is 2.82. The normalized spacial score (nSPS) is 26.5. The third-order valence-corrected chi connectivity index (χ3v) is 7.09. The van der Waals surface area contributed by atoms with E-state index in [1.165, 1.54) is 0 Å². The second-order valence-corrected chi connectivity index (χ2v) is 9.41. The Labute approximate surface area is 157 Å². The minimum absolute atomic E-state index is 0.137. The number of likely N-dealkylation sites (tertiary alicyclic amines) is 1. The highest BCUT2D eigenvalue weighted by Crippen LogP contribution is 2.36. The number of nitrogens with zero attached hydrogens (tertiary/aromatic N) is 2. The molecule has 0 saturated carbocycles. The molecule has 0 radical (unpaired) electrons. The van der Waals surface area contributed by atoms with Crippen LogP contribution in [0.25, 0.3) is 0 Å². The zero-order chi connectivity index (χ0) is 18.7. The second-order valence-electron chi connectivity index (χ2n) is 7.55. The van der Waals surface area contributed by atoms with Crippen LogP contribution >= 0.6 is 0 Å². The van der Waals surface area contributed by atoms with Gasteiger partial charge in [0.1, 0.15) is 16.7 Å². The lowest BCUT2D eigenvalue weighted by atomic mass is 10.1. The van der Waals surface area contributed by atoms with Gasteiger partial charge >= 0.3 is 0 Å². The Morgan fingerprint density at radius 2 is 1.96 bits per heavy atom. The van der Waals surface area contributed by atoms with Crippen LogP contribution in [-0.2, 0) is 14.8 Å². The van der Waals surface area contributed by atoms with Crippen LogP contribution in [0.4, 0.5) is 0 Å². The quantitative estimate of drug-likeness (QED) is 0.781. The summed E-state index contributed by atoms with van der Waals surface area (Å²) >= 11 is 0. The molecule has 0 aliphatic carbocycles. The number of ether oxygens (including phenoxy) is 2. The molecule has 6 nitrogen and oxygen atoms in total. The molecule has 2 aliphatic rings. The smallest absolute Gasteiger partial charge is 0.247 e. The molecule has 0 bridgehead atoms. The van der Waals surface area contributed by atoms with E-state index in [2.05, 4.69) is 18.7 Å². The molecule has 1 fully saturated rings. The van der Waals surface area contributed by atoms with E-state index in [9.17, 15) is 8.42 Å². The van der Waals surface area contributed by atoms with Gasteiger partial charge in [0.25, 0.3) is 0 Å². The Kier molecular flexibility index (Phi) is 6.22. The average molecular weight is 383 g/mol. The molecular formula is C19H30N2O4S. The first-order chi connectivity index (χ1) is 12.4. The van der Waals surface area contributed by atoms with Gasteiger partial charge in [0, 0.05) is 26.7 Å². The number of benzene rings is 1. The highest BCUT2D eigenvalue weighted by molar-refractivity contribution is 7.89. The summed E-state index contributed by atoms with van der Waals surface area (Å²) in [7, 11) is -2.01. The Hall–Kier alpha value is -1.15. The minimum Gasteiger partial charge on any atom is -0.487 e. The second kappa shape index (κ2) is 8.25. The zero-order valence-electron chi connectivity index (χ0n) is 15.9. The minimum atomic E-state index is -3.61. The van der Waals surface area contributed by atoms with Crippen LogP contribution in [0.15, 0.2) is 29.2 Å². The molecule has 2 aliphatic heterocycles. The van der Waals surface area contributed by atoms with E-state index >= 15 is 0 Å². The molecule has 7 heteroatoms. The summed E-state index contributed by atoms with van der Waals surface area (Å²) in [6.07, 6.45) is 1.46. The molecule has 1 saturated heterocycles. The molecular weight excluding hydrogens is 352 g/mol.